The van der Waals surface area contributed by atoms with Crippen LogP contribution in [0, 0.1) is 0 Å². The number of rotatable bonds is 7. The van der Waals surface area contributed by atoms with Crippen LogP contribution in [0.2, 0.25) is 0 Å². The third-order valence-corrected chi connectivity index (χ3v) is 3.40. The Hall–Kier alpha value is -2.10. The number of allylic oxidation sites excluding steroid dienone is 1. The number of aliphatic hydroxyl groups excluding tert-OH is 1. The Morgan fingerprint density at radius 3 is 2.48 bits per heavy atom. The Balaban J connectivity index is 1.79. The van der Waals surface area contributed by atoms with Crippen LogP contribution in [0.25, 0.3) is 0 Å². The minimum Gasteiger partial charge on any atom is -0.512 e. The van der Waals surface area contributed by atoms with Crippen LogP contribution in [0.4, 0.5) is 0 Å². The minimum absolute atomic E-state index is 0.0661. The highest BCUT2D eigenvalue weighted by molar-refractivity contribution is 5.79. The van der Waals surface area contributed by atoms with Gasteiger partial charge in [0.1, 0.15) is 5.78 Å². The molecule has 0 saturated heterocycles. The molecule has 1 aromatic carbocycles. The predicted molar refractivity (Wildman–Crippen MR) is 81.0 cm³/mol. The first-order valence-electron chi connectivity index (χ1n) is 7.28. The molecule has 0 unspecified atom stereocenters. The first kappa shape index (κ1) is 15.3. The van der Waals surface area contributed by atoms with Crippen molar-refractivity contribution in [2.75, 3.05) is 6.54 Å². The summed E-state index contributed by atoms with van der Waals surface area (Å²) >= 11 is 0. The zero-order chi connectivity index (χ0) is 15.2. The van der Waals surface area contributed by atoms with Gasteiger partial charge < -0.3 is 10.4 Å². The second kappa shape index (κ2) is 7.07. The number of nitrogens with one attached hydrogen (secondary N) is 1. The third-order valence-electron chi connectivity index (χ3n) is 3.40. The number of amides is 1. The van der Waals surface area contributed by atoms with E-state index in [4.69, 9.17) is 0 Å². The van der Waals surface area contributed by atoms with Gasteiger partial charge in [0.15, 0.2) is 0 Å². The van der Waals surface area contributed by atoms with E-state index in [-0.39, 0.29) is 11.7 Å². The molecule has 21 heavy (non-hydrogen) atoms. The van der Waals surface area contributed by atoms with Crippen LogP contribution in [-0.4, -0.2) is 23.3 Å². The molecule has 2 rings (SSSR count). The van der Waals surface area contributed by atoms with Crippen molar-refractivity contribution >= 4 is 11.7 Å². The van der Waals surface area contributed by atoms with Crippen LogP contribution < -0.4 is 5.32 Å². The number of Topliss-reactive ketones (excluding diaryl/α,β-unsaturated/α-hetero) is 1. The molecule has 1 saturated carbocycles. The molecule has 1 aliphatic carbocycles. The lowest BCUT2D eigenvalue weighted by molar-refractivity contribution is -0.120. The highest BCUT2D eigenvalue weighted by Crippen LogP contribution is 2.31. The van der Waals surface area contributed by atoms with Gasteiger partial charge in [-0.1, -0.05) is 24.3 Å². The number of aliphatic hydroxyl groups is 1. The second-order valence-electron chi connectivity index (χ2n) is 5.53. The highest BCUT2D eigenvalue weighted by atomic mass is 16.3. The summed E-state index contributed by atoms with van der Waals surface area (Å²) in [6.07, 6.45) is 3.18. The molecule has 0 atom stereocenters. The maximum absolute atomic E-state index is 11.8. The standard InChI is InChI=1S/C17H21NO3/c1-12(19)9-13-3-2-4-14(10-13)11-17(21)18-8-7-16(20)15-5-6-15/h2-4,10,20H,5-9,11H2,1H3,(H,18,21). The number of carbonyl (C=O) groups is 2. The Kier molecular flexibility index (Phi) is 5.14. The topological polar surface area (TPSA) is 66.4 Å². The molecule has 4 heteroatoms. The Labute approximate surface area is 124 Å². The summed E-state index contributed by atoms with van der Waals surface area (Å²) in [5.74, 6) is 0.475. The number of carbonyl (C=O) groups excluding carboxylic acids is 2. The van der Waals surface area contributed by atoms with Crippen LogP contribution in [0.5, 0.6) is 0 Å². The fourth-order valence-electron chi connectivity index (χ4n) is 2.23. The minimum atomic E-state index is -0.0661. The van der Waals surface area contributed by atoms with Crippen LogP contribution >= 0.6 is 0 Å². The molecule has 0 bridgehead atoms. The lowest BCUT2D eigenvalue weighted by atomic mass is 10.0. The molecule has 112 valence electrons. The summed E-state index contributed by atoms with van der Waals surface area (Å²) in [5.41, 5.74) is 2.95. The molecule has 1 aliphatic rings. The summed E-state index contributed by atoms with van der Waals surface area (Å²) in [4.78, 5) is 22.9. The number of hydrogen-bond donors (Lipinski definition) is 2. The Morgan fingerprint density at radius 1 is 1.19 bits per heavy atom. The first-order chi connectivity index (χ1) is 10.0. The van der Waals surface area contributed by atoms with Crippen molar-refractivity contribution in [2.24, 2.45) is 0 Å². The Bertz CT molecular complexity index is 569. The van der Waals surface area contributed by atoms with Crippen molar-refractivity contribution in [1.29, 1.82) is 0 Å². The van der Waals surface area contributed by atoms with Gasteiger partial charge in [-0.25, -0.2) is 0 Å². The van der Waals surface area contributed by atoms with Crippen molar-refractivity contribution in [3.8, 4) is 0 Å². The molecule has 2 N–H and O–H groups in total. The summed E-state index contributed by atoms with van der Waals surface area (Å²) < 4.78 is 0. The van der Waals surface area contributed by atoms with Crippen LogP contribution in [-0.2, 0) is 22.4 Å². The summed E-state index contributed by atoms with van der Waals surface area (Å²) in [6, 6.07) is 7.53. The van der Waals surface area contributed by atoms with E-state index in [1.807, 2.05) is 24.3 Å². The van der Waals surface area contributed by atoms with Crippen LogP contribution in [0.3, 0.4) is 0 Å². The molecule has 0 radical (unpaired) electrons. The second-order valence-corrected chi connectivity index (χ2v) is 5.53. The first-order valence-corrected chi connectivity index (χ1v) is 7.28. The summed E-state index contributed by atoms with van der Waals surface area (Å²) in [7, 11) is 0. The van der Waals surface area contributed by atoms with Crippen molar-refractivity contribution in [3.63, 3.8) is 0 Å². The fraction of sp³-hybridized carbons (Fsp3) is 0.412. The zero-order valence-corrected chi connectivity index (χ0v) is 12.3. The van der Waals surface area contributed by atoms with Gasteiger partial charge in [0.25, 0.3) is 0 Å². The van der Waals surface area contributed by atoms with Gasteiger partial charge in [-0.05, 0) is 36.5 Å². The maximum atomic E-state index is 11.8. The number of ketones is 1. The van der Waals surface area contributed by atoms with Gasteiger partial charge in [-0.15, -0.1) is 0 Å². The molecule has 4 nitrogen and oxygen atoms in total. The molecular formula is C17H21NO3. The molecule has 0 aromatic heterocycles. The molecule has 1 amide bonds. The molecule has 1 aromatic rings. The van der Waals surface area contributed by atoms with Crippen LogP contribution in [0.1, 0.15) is 37.3 Å². The molecule has 1 fully saturated rings. The van der Waals surface area contributed by atoms with E-state index < -0.39 is 0 Å². The average Bonchev–Trinajstić information content (AvgIpc) is 3.22. The van der Waals surface area contributed by atoms with Gasteiger partial charge >= 0.3 is 0 Å². The van der Waals surface area contributed by atoms with Crippen molar-refractivity contribution in [1.82, 2.24) is 5.32 Å². The molecule has 0 aliphatic heterocycles. The SMILES string of the molecule is CC(=O)Cc1cccc(CC(=O)NCCC(O)=C2CC2)c1. The zero-order valence-electron chi connectivity index (χ0n) is 12.3. The van der Waals surface area contributed by atoms with Gasteiger partial charge in [0.05, 0.1) is 12.2 Å². The molecular weight excluding hydrogens is 266 g/mol. The summed E-state index contributed by atoms with van der Waals surface area (Å²) in [5, 5.41) is 12.4. The lowest BCUT2D eigenvalue weighted by Gasteiger charge is -2.06. The van der Waals surface area contributed by atoms with Gasteiger partial charge in [0, 0.05) is 19.4 Å². The van der Waals surface area contributed by atoms with Crippen molar-refractivity contribution in [2.45, 2.75) is 39.0 Å². The monoisotopic (exact) mass is 287 g/mol. The van der Waals surface area contributed by atoms with Crippen LogP contribution in [0.15, 0.2) is 35.6 Å². The van der Waals surface area contributed by atoms with E-state index in [9.17, 15) is 14.7 Å². The Morgan fingerprint density at radius 2 is 1.86 bits per heavy atom. The summed E-state index contributed by atoms with van der Waals surface area (Å²) in [6.45, 7) is 2.02. The van der Waals surface area contributed by atoms with E-state index in [2.05, 4.69) is 5.32 Å². The molecule has 0 heterocycles. The number of hydrogen-bond acceptors (Lipinski definition) is 3. The van der Waals surface area contributed by atoms with Gasteiger partial charge in [0.2, 0.25) is 5.91 Å². The predicted octanol–water partition coefficient (Wildman–Crippen LogP) is 2.47. The van der Waals surface area contributed by atoms with E-state index >= 15 is 0 Å². The van der Waals surface area contributed by atoms with Crippen molar-refractivity contribution < 1.29 is 14.7 Å². The van der Waals surface area contributed by atoms with E-state index in [0.717, 1.165) is 29.5 Å². The third kappa shape index (κ3) is 5.42. The molecule has 0 spiro atoms. The van der Waals surface area contributed by atoms with Gasteiger partial charge in [-0.2, -0.15) is 0 Å². The smallest absolute Gasteiger partial charge is 0.224 e. The number of benzene rings is 1. The van der Waals surface area contributed by atoms with E-state index in [1.165, 1.54) is 0 Å². The average molecular weight is 287 g/mol. The largest absolute Gasteiger partial charge is 0.512 e. The van der Waals surface area contributed by atoms with E-state index in [0.29, 0.717) is 31.6 Å². The van der Waals surface area contributed by atoms with Gasteiger partial charge in [-0.3, -0.25) is 9.59 Å². The lowest BCUT2D eigenvalue weighted by Crippen LogP contribution is -2.26. The normalized spacial score (nSPS) is 12.9. The van der Waals surface area contributed by atoms with E-state index in [1.54, 1.807) is 6.92 Å². The fourth-order valence-corrected chi connectivity index (χ4v) is 2.23. The van der Waals surface area contributed by atoms with Crippen molar-refractivity contribution in [3.05, 3.63) is 46.7 Å². The highest BCUT2D eigenvalue weighted by Gasteiger charge is 2.16. The quantitative estimate of drug-likeness (QED) is 0.757. The maximum Gasteiger partial charge on any atom is 0.224 e.